The lowest BCUT2D eigenvalue weighted by atomic mass is 10.1. The summed E-state index contributed by atoms with van der Waals surface area (Å²) in [4.78, 5) is 16.5. The van der Waals surface area contributed by atoms with Crippen molar-refractivity contribution < 1.29 is 4.79 Å². The lowest BCUT2D eigenvalue weighted by Gasteiger charge is -2.11. The van der Waals surface area contributed by atoms with Crippen LogP contribution in [0.1, 0.15) is 33.8 Å². The van der Waals surface area contributed by atoms with E-state index in [9.17, 15) is 4.79 Å². The molecule has 0 saturated heterocycles. The number of nitrogens with zero attached hydrogens (tertiary/aromatic N) is 1. The summed E-state index contributed by atoms with van der Waals surface area (Å²) in [6.45, 7) is 2.86. The molecule has 21 heavy (non-hydrogen) atoms. The van der Waals surface area contributed by atoms with Gasteiger partial charge in [-0.1, -0.05) is 30.9 Å². The Hall–Kier alpha value is -2.16. The summed E-state index contributed by atoms with van der Waals surface area (Å²) in [6.07, 6.45) is 1.77. The number of carbonyl (C=O) groups excluding carboxylic acids is 1. The monoisotopic (exact) mass is 299 g/mol. The quantitative estimate of drug-likeness (QED) is 0.848. The molecular formula is C16H17N3OS. The molecular weight excluding hydrogens is 282 g/mol. The van der Waals surface area contributed by atoms with Gasteiger partial charge in [0, 0.05) is 29.6 Å². The Morgan fingerprint density at radius 1 is 1.48 bits per heavy atom. The average molecular weight is 299 g/mol. The first-order valence-electron chi connectivity index (χ1n) is 6.68. The van der Waals surface area contributed by atoms with Crippen LogP contribution in [0.5, 0.6) is 0 Å². The summed E-state index contributed by atoms with van der Waals surface area (Å²) >= 11 is 1.59. The van der Waals surface area contributed by atoms with E-state index in [2.05, 4.69) is 22.1 Å². The summed E-state index contributed by atoms with van der Waals surface area (Å²) in [5.74, 6) is 5.77. The molecule has 1 atom stereocenters. The number of thiazole rings is 1. The van der Waals surface area contributed by atoms with Crippen LogP contribution in [0.2, 0.25) is 0 Å². The number of nitrogens with two attached hydrogens (primary N) is 1. The van der Waals surface area contributed by atoms with Crippen molar-refractivity contribution in [3.63, 3.8) is 0 Å². The van der Waals surface area contributed by atoms with Crippen molar-refractivity contribution in [2.45, 2.75) is 12.8 Å². The SMILES string of the molecule is CC(CNC(=O)c1ccccc1C#CCN)c1nccs1. The Morgan fingerprint density at radius 3 is 3.00 bits per heavy atom. The molecule has 2 rings (SSSR count). The van der Waals surface area contributed by atoms with Gasteiger partial charge in [0.1, 0.15) is 0 Å². The fraction of sp³-hybridized carbons (Fsp3) is 0.250. The Balaban J connectivity index is 2.04. The number of hydrogen-bond acceptors (Lipinski definition) is 4. The summed E-state index contributed by atoms with van der Waals surface area (Å²) in [5, 5.41) is 5.89. The fourth-order valence-electron chi connectivity index (χ4n) is 1.84. The first-order chi connectivity index (χ1) is 10.2. The maximum absolute atomic E-state index is 12.3. The van der Waals surface area contributed by atoms with Gasteiger partial charge in [-0.05, 0) is 12.1 Å². The van der Waals surface area contributed by atoms with Crippen LogP contribution in [-0.2, 0) is 0 Å². The fourth-order valence-corrected chi connectivity index (χ4v) is 2.54. The van der Waals surface area contributed by atoms with Gasteiger partial charge < -0.3 is 11.1 Å². The molecule has 0 aliphatic carbocycles. The summed E-state index contributed by atoms with van der Waals surface area (Å²) in [6, 6.07) is 7.27. The molecule has 5 heteroatoms. The van der Waals surface area contributed by atoms with E-state index in [0.29, 0.717) is 17.7 Å². The van der Waals surface area contributed by atoms with Crippen molar-refractivity contribution in [1.82, 2.24) is 10.3 Å². The van der Waals surface area contributed by atoms with Gasteiger partial charge in [-0.2, -0.15) is 0 Å². The number of benzene rings is 1. The number of carbonyl (C=O) groups is 1. The number of hydrogen-bond donors (Lipinski definition) is 2. The number of rotatable bonds is 4. The van der Waals surface area contributed by atoms with Gasteiger partial charge in [0.15, 0.2) is 0 Å². The Labute approximate surface area is 128 Å². The van der Waals surface area contributed by atoms with Crippen molar-refractivity contribution in [2.75, 3.05) is 13.1 Å². The molecule has 0 fully saturated rings. The predicted octanol–water partition coefficient (Wildman–Crippen LogP) is 1.99. The molecule has 2 aromatic rings. The van der Waals surface area contributed by atoms with Crippen LogP contribution in [0.15, 0.2) is 35.8 Å². The second kappa shape index (κ2) is 7.58. The number of nitrogens with one attached hydrogen (secondary N) is 1. The summed E-state index contributed by atoms with van der Waals surface area (Å²) in [5.41, 5.74) is 6.65. The largest absolute Gasteiger partial charge is 0.351 e. The van der Waals surface area contributed by atoms with Crippen molar-refractivity contribution in [3.8, 4) is 11.8 Å². The van der Waals surface area contributed by atoms with Crippen LogP contribution >= 0.6 is 11.3 Å². The highest BCUT2D eigenvalue weighted by Crippen LogP contribution is 2.16. The molecule has 0 aliphatic heterocycles. The van der Waals surface area contributed by atoms with Gasteiger partial charge in [0.05, 0.1) is 17.1 Å². The maximum atomic E-state index is 12.3. The van der Waals surface area contributed by atoms with Crippen LogP contribution in [0.3, 0.4) is 0 Å². The van der Waals surface area contributed by atoms with Gasteiger partial charge in [0.2, 0.25) is 0 Å². The smallest absolute Gasteiger partial charge is 0.252 e. The van der Waals surface area contributed by atoms with E-state index in [1.165, 1.54) is 0 Å². The van der Waals surface area contributed by atoms with Crippen LogP contribution in [0.25, 0.3) is 0 Å². The molecule has 0 bridgehead atoms. The lowest BCUT2D eigenvalue weighted by molar-refractivity contribution is 0.0951. The molecule has 108 valence electrons. The van der Waals surface area contributed by atoms with Gasteiger partial charge in [-0.15, -0.1) is 11.3 Å². The van der Waals surface area contributed by atoms with Crippen molar-refractivity contribution >= 4 is 17.2 Å². The van der Waals surface area contributed by atoms with Gasteiger partial charge in [-0.25, -0.2) is 4.98 Å². The van der Waals surface area contributed by atoms with Crippen LogP contribution in [0, 0.1) is 11.8 Å². The molecule has 0 aliphatic rings. The zero-order chi connectivity index (χ0) is 15.1. The van der Waals surface area contributed by atoms with Crippen LogP contribution in [0.4, 0.5) is 0 Å². The van der Waals surface area contributed by atoms with E-state index in [-0.39, 0.29) is 18.4 Å². The molecule has 0 radical (unpaired) electrons. The van der Waals surface area contributed by atoms with E-state index in [1.807, 2.05) is 30.5 Å². The third kappa shape index (κ3) is 4.15. The maximum Gasteiger partial charge on any atom is 0.252 e. The lowest BCUT2D eigenvalue weighted by Crippen LogP contribution is -2.28. The minimum Gasteiger partial charge on any atom is -0.351 e. The molecule has 3 N–H and O–H groups in total. The van der Waals surface area contributed by atoms with Gasteiger partial charge >= 0.3 is 0 Å². The molecule has 0 spiro atoms. The molecule has 1 heterocycles. The highest BCUT2D eigenvalue weighted by molar-refractivity contribution is 7.09. The first-order valence-corrected chi connectivity index (χ1v) is 7.56. The molecule has 1 aromatic heterocycles. The first kappa shape index (κ1) is 15.2. The molecule has 0 saturated carbocycles. The van der Waals surface area contributed by atoms with E-state index in [1.54, 1.807) is 23.6 Å². The minimum atomic E-state index is -0.125. The summed E-state index contributed by atoms with van der Waals surface area (Å²) in [7, 11) is 0. The van der Waals surface area contributed by atoms with E-state index < -0.39 is 0 Å². The zero-order valence-electron chi connectivity index (χ0n) is 11.8. The highest BCUT2D eigenvalue weighted by Gasteiger charge is 2.13. The Morgan fingerprint density at radius 2 is 2.29 bits per heavy atom. The second-order valence-electron chi connectivity index (χ2n) is 4.53. The van der Waals surface area contributed by atoms with Gasteiger partial charge in [-0.3, -0.25) is 4.79 Å². The zero-order valence-corrected chi connectivity index (χ0v) is 12.6. The highest BCUT2D eigenvalue weighted by atomic mass is 32.1. The molecule has 1 amide bonds. The van der Waals surface area contributed by atoms with Crippen LogP contribution in [-0.4, -0.2) is 24.0 Å². The summed E-state index contributed by atoms with van der Waals surface area (Å²) < 4.78 is 0. The minimum absolute atomic E-state index is 0.125. The van der Waals surface area contributed by atoms with E-state index in [4.69, 9.17) is 5.73 Å². The number of aromatic nitrogens is 1. The second-order valence-corrected chi connectivity index (χ2v) is 5.46. The standard InChI is InChI=1S/C16H17N3OS/c1-12(16-18-9-10-21-16)11-19-15(20)14-7-3-2-5-13(14)6-4-8-17/h2-3,5,7,9-10,12H,8,11,17H2,1H3,(H,19,20). The topological polar surface area (TPSA) is 68.0 Å². The van der Waals surface area contributed by atoms with Crippen LogP contribution < -0.4 is 11.1 Å². The average Bonchev–Trinajstić information content (AvgIpc) is 3.05. The molecule has 4 nitrogen and oxygen atoms in total. The van der Waals surface area contributed by atoms with E-state index in [0.717, 1.165) is 5.01 Å². The third-order valence-electron chi connectivity index (χ3n) is 2.94. The Kier molecular flexibility index (Phi) is 5.50. The van der Waals surface area contributed by atoms with Crippen molar-refractivity contribution in [1.29, 1.82) is 0 Å². The van der Waals surface area contributed by atoms with Crippen molar-refractivity contribution in [2.24, 2.45) is 5.73 Å². The normalized spacial score (nSPS) is 11.3. The molecule has 1 aromatic carbocycles. The number of amides is 1. The Bertz CT molecular complexity index is 656. The molecule has 1 unspecified atom stereocenters. The van der Waals surface area contributed by atoms with E-state index >= 15 is 0 Å². The predicted molar refractivity (Wildman–Crippen MR) is 85.2 cm³/mol. The van der Waals surface area contributed by atoms with Crippen molar-refractivity contribution in [3.05, 3.63) is 52.0 Å². The van der Waals surface area contributed by atoms with Gasteiger partial charge in [0.25, 0.3) is 5.91 Å². The third-order valence-corrected chi connectivity index (χ3v) is 3.95.